The van der Waals surface area contributed by atoms with Crippen molar-refractivity contribution in [2.75, 3.05) is 13.2 Å². The number of rotatable bonds is 6. The van der Waals surface area contributed by atoms with Crippen molar-refractivity contribution in [3.63, 3.8) is 0 Å². The zero-order valence-electron chi connectivity index (χ0n) is 14.1. The van der Waals surface area contributed by atoms with Gasteiger partial charge in [-0.1, -0.05) is 11.6 Å². The highest BCUT2D eigenvalue weighted by atomic mass is 35.5. The van der Waals surface area contributed by atoms with E-state index in [9.17, 15) is 18.0 Å². The number of amides is 1. The number of alkyl halides is 3. The van der Waals surface area contributed by atoms with Gasteiger partial charge in [-0.3, -0.25) is 9.20 Å². The molecule has 2 aromatic rings. The standard InChI is InChI=1S/C16H19ClF3N3O2/c1-9(2)25-6-4-5-21-15(24)13-10(3)22-14-12(17)7-11(8-23(13)14)16(18,19)20/h7-9H,4-6H2,1-3H3,(H,21,24). The molecule has 9 heteroatoms. The number of aromatic nitrogens is 2. The Balaban J connectivity index is 2.23. The summed E-state index contributed by atoms with van der Waals surface area (Å²) in [4.78, 5) is 16.5. The number of nitrogens with zero attached hydrogens (tertiary/aromatic N) is 2. The van der Waals surface area contributed by atoms with Gasteiger partial charge in [0.05, 0.1) is 22.4 Å². The fourth-order valence-corrected chi connectivity index (χ4v) is 2.57. The van der Waals surface area contributed by atoms with Crippen LogP contribution < -0.4 is 5.32 Å². The predicted molar refractivity (Wildman–Crippen MR) is 88.0 cm³/mol. The van der Waals surface area contributed by atoms with Gasteiger partial charge in [-0.25, -0.2) is 4.98 Å². The molecule has 0 aromatic carbocycles. The molecule has 0 spiro atoms. The van der Waals surface area contributed by atoms with Crippen LogP contribution in [-0.2, 0) is 10.9 Å². The zero-order chi connectivity index (χ0) is 18.8. The monoisotopic (exact) mass is 377 g/mol. The van der Waals surface area contributed by atoms with Crippen LogP contribution in [-0.4, -0.2) is 34.5 Å². The third kappa shape index (κ3) is 4.64. The number of carbonyl (C=O) groups is 1. The van der Waals surface area contributed by atoms with Crippen molar-refractivity contribution >= 4 is 23.2 Å². The summed E-state index contributed by atoms with van der Waals surface area (Å²) >= 11 is 5.90. The number of halogens is 4. The number of carbonyl (C=O) groups excluding carboxylic acids is 1. The largest absolute Gasteiger partial charge is 0.417 e. The lowest BCUT2D eigenvalue weighted by atomic mass is 10.2. The van der Waals surface area contributed by atoms with E-state index in [1.807, 2.05) is 13.8 Å². The SMILES string of the molecule is Cc1nc2c(Cl)cc(C(F)(F)F)cn2c1C(=O)NCCCOC(C)C. The molecule has 0 unspecified atom stereocenters. The highest BCUT2D eigenvalue weighted by Crippen LogP contribution is 2.33. The molecule has 2 heterocycles. The molecule has 0 saturated carbocycles. The lowest BCUT2D eigenvalue weighted by Gasteiger charge is -2.11. The summed E-state index contributed by atoms with van der Waals surface area (Å²) in [5.41, 5.74) is -0.493. The Morgan fingerprint density at radius 1 is 1.44 bits per heavy atom. The summed E-state index contributed by atoms with van der Waals surface area (Å²) in [5.74, 6) is -0.509. The van der Waals surface area contributed by atoms with Crippen LogP contribution in [0.1, 0.15) is 42.0 Å². The minimum absolute atomic E-state index is 0.0350. The van der Waals surface area contributed by atoms with E-state index in [0.717, 1.165) is 16.7 Å². The van der Waals surface area contributed by atoms with E-state index in [1.165, 1.54) is 0 Å². The van der Waals surface area contributed by atoms with Crippen LogP contribution in [0.25, 0.3) is 5.65 Å². The molecular formula is C16H19ClF3N3O2. The molecule has 0 atom stereocenters. The second kappa shape index (κ2) is 7.61. The highest BCUT2D eigenvalue weighted by molar-refractivity contribution is 6.33. The molecule has 0 aliphatic rings. The van der Waals surface area contributed by atoms with Gasteiger partial charge in [0.25, 0.3) is 5.91 Å². The number of nitrogens with one attached hydrogen (secondary N) is 1. The Labute approximate surface area is 148 Å². The summed E-state index contributed by atoms with van der Waals surface area (Å²) in [5, 5.41) is 2.50. The maximum absolute atomic E-state index is 13.0. The van der Waals surface area contributed by atoms with Gasteiger partial charge >= 0.3 is 6.18 Å². The molecule has 0 aliphatic carbocycles. The summed E-state index contributed by atoms with van der Waals surface area (Å²) in [6, 6.07) is 0.800. The molecule has 0 saturated heterocycles. The van der Waals surface area contributed by atoms with E-state index in [-0.39, 0.29) is 22.5 Å². The van der Waals surface area contributed by atoms with Gasteiger partial charge in [0.15, 0.2) is 5.65 Å². The maximum Gasteiger partial charge on any atom is 0.417 e. The minimum atomic E-state index is -4.57. The van der Waals surface area contributed by atoms with Crippen LogP contribution in [0.3, 0.4) is 0 Å². The summed E-state index contributed by atoms with van der Waals surface area (Å²) < 4.78 is 45.4. The molecule has 25 heavy (non-hydrogen) atoms. The van der Waals surface area contributed by atoms with Crippen molar-refractivity contribution in [1.82, 2.24) is 14.7 Å². The number of imidazole rings is 1. The van der Waals surface area contributed by atoms with Gasteiger partial charge in [0, 0.05) is 19.3 Å². The number of pyridine rings is 1. The van der Waals surface area contributed by atoms with Crippen LogP contribution >= 0.6 is 11.6 Å². The van der Waals surface area contributed by atoms with E-state index in [4.69, 9.17) is 16.3 Å². The summed E-state index contributed by atoms with van der Waals surface area (Å²) in [6.45, 7) is 6.18. The molecule has 2 aromatic heterocycles. The lowest BCUT2D eigenvalue weighted by Crippen LogP contribution is -2.27. The summed E-state index contributed by atoms with van der Waals surface area (Å²) in [6.07, 6.45) is -3.05. The molecule has 2 rings (SSSR count). The zero-order valence-corrected chi connectivity index (χ0v) is 14.8. The van der Waals surface area contributed by atoms with Crippen LogP contribution in [0, 0.1) is 6.92 Å². The van der Waals surface area contributed by atoms with Crippen LogP contribution in [0.15, 0.2) is 12.3 Å². The topological polar surface area (TPSA) is 55.6 Å². The first-order valence-electron chi connectivity index (χ1n) is 7.76. The molecule has 0 radical (unpaired) electrons. The highest BCUT2D eigenvalue weighted by Gasteiger charge is 2.32. The Bertz CT molecular complexity index is 772. The number of aryl methyl sites for hydroxylation is 1. The first kappa shape index (κ1) is 19.5. The van der Waals surface area contributed by atoms with Gasteiger partial charge in [0.2, 0.25) is 0 Å². The third-order valence-corrected chi connectivity index (χ3v) is 3.73. The molecule has 1 N–H and O–H groups in total. The molecule has 0 aliphatic heterocycles. The van der Waals surface area contributed by atoms with E-state index >= 15 is 0 Å². The van der Waals surface area contributed by atoms with Gasteiger partial charge in [-0.2, -0.15) is 13.2 Å². The fourth-order valence-electron chi connectivity index (χ4n) is 2.32. The summed E-state index contributed by atoms with van der Waals surface area (Å²) in [7, 11) is 0. The second-order valence-electron chi connectivity index (χ2n) is 5.84. The quantitative estimate of drug-likeness (QED) is 0.778. The minimum Gasteiger partial charge on any atom is -0.379 e. The Morgan fingerprint density at radius 3 is 2.72 bits per heavy atom. The van der Waals surface area contributed by atoms with E-state index in [0.29, 0.717) is 25.3 Å². The Morgan fingerprint density at radius 2 is 2.12 bits per heavy atom. The first-order chi connectivity index (χ1) is 11.6. The van der Waals surface area contributed by atoms with Crippen molar-refractivity contribution in [1.29, 1.82) is 0 Å². The van der Waals surface area contributed by atoms with Crippen molar-refractivity contribution in [2.24, 2.45) is 0 Å². The number of hydrogen-bond donors (Lipinski definition) is 1. The van der Waals surface area contributed by atoms with Crippen LogP contribution in [0.4, 0.5) is 13.2 Å². The predicted octanol–water partition coefficient (Wildman–Crippen LogP) is 3.86. The van der Waals surface area contributed by atoms with Crippen LogP contribution in [0.2, 0.25) is 5.02 Å². The number of fused-ring (bicyclic) bond motifs is 1. The average Bonchev–Trinajstić information content (AvgIpc) is 2.82. The fraction of sp³-hybridized carbons (Fsp3) is 0.500. The van der Waals surface area contributed by atoms with E-state index in [1.54, 1.807) is 6.92 Å². The number of hydrogen-bond acceptors (Lipinski definition) is 3. The van der Waals surface area contributed by atoms with Gasteiger partial charge < -0.3 is 10.1 Å². The average molecular weight is 378 g/mol. The molecule has 0 fully saturated rings. The third-order valence-electron chi connectivity index (χ3n) is 3.45. The van der Waals surface area contributed by atoms with E-state index in [2.05, 4.69) is 10.3 Å². The van der Waals surface area contributed by atoms with Crippen LogP contribution in [0.5, 0.6) is 0 Å². The maximum atomic E-state index is 13.0. The number of ether oxygens (including phenoxy) is 1. The van der Waals surface area contributed by atoms with Crippen molar-refractivity contribution in [2.45, 2.75) is 39.5 Å². The van der Waals surface area contributed by atoms with E-state index < -0.39 is 17.6 Å². The van der Waals surface area contributed by atoms with Gasteiger partial charge in [-0.05, 0) is 33.3 Å². The molecule has 5 nitrogen and oxygen atoms in total. The molecular weight excluding hydrogens is 359 g/mol. The molecule has 1 amide bonds. The normalized spacial score (nSPS) is 12.2. The van der Waals surface area contributed by atoms with Gasteiger partial charge in [-0.15, -0.1) is 0 Å². The van der Waals surface area contributed by atoms with Crippen molar-refractivity contribution < 1.29 is 22.7 Å². The van der Waals surface area contributed by atoms with Crippen molar-refractivity contribution in [3.05, 3.63) is 34.2 Å². The second-order valence-corrected chi connectivity index (χ2v) is 6.25. The molecule has 0 bridgehead atoms. The molecule has 138 valence electrons. The van der Waals surface area contributed by atoms with Crippen molar-refractivity contribution in [3.8, 4) is 0 Å². The Hall–Kier alpha value is -1.80. The smallest absolute Gasteiger partial charge is 0.379 e. The first-order valence-corrected chi connectivity index (χ1v) is 8.14. The lowest BCUT2D eigenvalue weighted by molar-refractivity contribution is -0.137. The van der Waals surface area contributed by atoms with Gasteiger partial charge in [0.1, 0.15) is 5.69 Å². The Kier molecular flexibility index (Phi) is 5.95.